The normalized spacial score (nSPS) is 18.0. The number of aromatic nitrogens is 3. The predicted molar refractivity (Wildman–Crippen MR) is 112 cm³/mol. The molecular formula is C22H19F3N6O2. The standard InChI is InChI=1S/C22H19F3N6O2/c1-12-8-27-29-21(12)18-7-20(17(25)9-26-18)33-16-10-30(11-16)22(32)31-19(2-3-28-31)13-4-14(23)6-15(24)5-13/h3-9,16,19H,2,10-11H2,1H3,(H,27,29)/t19-/m0/s1. The van der Waals surface area contributed by atoms with Gasteiger partial charge in [0.1, 0.15) is 17.7 Å². The van der Waals surface area contributed by atoms with E-state index in [1.807, 2.05) is 6.92 Å². The highest BCUT2D eigenvalue weighted by Crippen LogP contribution is 2.32. The molecule has 2 amide bonds. The van der Waals surface area contributed by atoms with Gasteiger partial charge < -0.3 is 9.64 Å². The summed E-state index contributed by atoms with van der Waals surface area (Å²) in [6.07, 6.45) is 4.18. The highest BCUT2D eigenvalue weighted by Gasteiger charge is 2.39. The molecule has 8 nitrogen and oxygen atoms in total. The third-order valence-electron chi connectivity index (χ3n) is 5.61. The second-order valence-corrected chi connectivity index (χ2v) is 7.95. The number of hydrogen-bond acceptors (Lipinski definition) is 5. The fourth-order valence-corrected chi connectivity index (χ4v) is 3.89. The number of hydrazone groups is 1. The number of pyridine rings is 1. The van der Waals surface area contributed by atoms with Crippen LogP contribution in [0.15, 0.2) is 41.8 Å². The summed E-state index contributed by atoms with van der Waals surface area (Å²) in [7, 11) is 0. The number of ether oxygens (including phenoxy) is 1. The van der Waals surface area contributed by atoms with Crippen molar-refractivity contribution in [1.29, 1.82) is 0 Å². The monoisotopic (exact) mass is 456 g/mol. The molecule has 0 bridgehead atoms. The molecule has 170 valence electrons. The zero-order valence-electron chi connectivity index (χ0n) is 17.5. The van der Waals surface area contributed by atoms with Crippen molar-refractivity contribution >= 4 is 12.2 Å². The number of H-pyrrole nitrogens is 1. The number of carbonyl (C=O) groups is 1. The fourth-order valence-electron chi connectivity index (χ4n) is 3.89. The Labute approximate surface area is 186 Å². The number of benzene rings is 1. The van der Waals surface area contributed by atoms with Gasteiger partial charge in [-0.15, -0.1) is 0 Å². The zero-order valence-corrected chi connectivity index (χ0v) is 17.5. The van der Waals surface area contributed by atoms with Crippen molar-refractivity contribution in [3.05, 3.63) is 65.2 Å². The maximum atomic E-state index is 14.3. The van der Waals surface area contributed by atoms with Crippen molar-refractivity contribution in [2.24, 2.45) is 5.10 Å². The van der Waals surface area contributed by atoms with Crippen LogP contribution in [0, 0.1) is 24.4 Å². The summed E-state index contributed by atoms with van der Waals surface area (Å²) in [4.78, 5) is 18.4. The Hall–Kier alpha value is -3.89. The van der Waals surface area contributed by atoms with Gasteiger partial charge >= 0.3 is 6.03 Å². The topological polar surface area (TPSA) is 86.7 Å². The van der Waals surface area contributed by atoms with Gasteiger partial charge in [-0.3, -0.25) is 10.1 Å². The number of halogens is 3. The molecule has 0 spiro atoms. The summed E-state index contributed by atoms with van der Waals surface area (Å²) in [6, 6.07) is 3.63. The summed E-state index contributed by atoms with van der Waals surface area (Å²) < 4.78 is 47.3. The van der Waals surface area contributed by atoms with Crippen molar-refractivity contribution in [2.75, 3.05) is 13.1 Å². The number of likely N-dealkylation sites (tertiary alicyclic amines) is 1. The molecule has 0 unspecified atom stereocenters. The number of amides is 2. The minimum absolute atomic E-state index is 0.0263. The van der Waals surface area contributed by atoms with E-state index in [0.717, 1.165) is 17.8 Å². The molecule has 1 atom stereocenters. The summed E-state index contributed by atoms with van der Waals surface area (Å²) in [5, 5.41) is 12.0. The van der Waals surface area contributed by atoms with Gasteiger partial charge in [-0.1, -0.05) is 0 Å². The molecular weight excluding hydrogens is 437 g/mol. The lowest BCUT2D eigenvalue weighted by Crippen LogP contribution is -2.58. The molecule has 1 aromatic carbocycles. The van der Waals surface area contributed by atoms with Crippen molar-refractivity contribution in [3.8, 4) is 17.1 Å². The molecule has 0 aliphatic carbocycles. The van der Waals surface area contributed by atoms with Crippen LogP contribution < -0.4 is 4.74 Å². The van der Waals surface area contributed by atoms with Gasteiger partial charge in [-0.25, -0.2) is 23.0 Å². The minimum atomic E-state index is -0.717. The van der Waals surface area contributed by atoms with Crippen LogP contribution in [0.1, 0.15) is 23.6 Å². The molecule has 4 heterocycles. The number of carbonyl (C=O) groups excluding carboxylic acids is 1. The lowest BCUT2D eigenvalue weighted by molar-refractivity contribution is 0.0256. The van der Waals surface area contributed by atoms with E-state index in [2.05, 4.69) is 20.3 Å². The van der Waals surface area contributed by atoms with Crippen molar-refractivity contribution in [2.45, 2.75) is 25.5 Å². The number of nitrogens with one attached hydrogen (secondary N) is 1. The van der Waals surface area contributed by atoms with Crippen LogP contribution in [0.4, 0.5) is 18.0 Å². The average molecular weight is 456 g/mol. The minimum Gasteiger partial charge on any atom is -0.483 e. The summed E-state index contributed by atoms with van der Waals surface area (Å²) in [6.45, 7) is 2.29. The highest BCUT2D eigenvalue weighted by molar-refractivity contribution is 5.79. The number of urea groups is 1. The first-order valence-corrected chi connectivity index (χ1v) is 10.3. The summed E-state index contributed by atoms with van der Waals surface area (Å²) >= 11 is 0. The van der Waals surface area contributed by atoms with Crippen LogP contribution in [0.25, 0.3) is 11.4 Å². The van der Waals surface area contributed by atoms with Crippen LogP contribution in [-0.4, -0.2) is 56.5 Å². The fraction of sp³-hybridized carbons (Fsp3) is 0.273. The van der Waals surface area contributed by atoms with Crippen LogP contribution in [0.3, 0.4) is 0 Å². The molecule has 5 rings (SSSR count). The molecule has 1 fully saturated rings. The van der Waals surface area contributed by atoms with Crippen molar-refractivity contribution < 1.29 is 22.7 Å². The molecule has 33 heavy (non-hydrogen) atoms. The smallest absolute Gasteiger partial charge is 0.341 e. The Balaban J connectivity index is 1.24. The highest BCUT2D eigenvalue weighted by atomic mass is 19.1. The van der Waals surface area contributed by atoms with Gasteiger partial charge in [0.2, 0.25) is 0 Å². The molecule has 2 aromatic heterocycles. The van der Waals surface area contributed by atoms with E-state index in [0.29, 0.717) is 23.4 Å². The Kier molecular flexibility index (Phi) is 5.23. The largest absolute Gasteiger partial charge is 0.483 e. The maximum absolute atomic E-state index is 14.3. The van der Waals surface area contributed by atoms with E-state index >= 15 is 0 Å². The molecule has 3 aromatic rings. The third-order valence-corrected chi connectivity index (χ3v) is 5.61. The summed E-state index contributed by atoms with van der Waals surface area (Å²) in [5.41, 5.74) is 2.34. The quantitative estimate of drug-likeness (QED) is 0.647. The van der Waals surface area contributed by atoms with Gasteiger partial charge in [0.25, 0.3) is 0 Å². The van der Waals surface area contributed by atoms with Crippen molar-refractivity contribution in [3.63, 3.8) is 0 Å². The van der Waals surface area contributed by atoms with Crippen LogP contribution in [0.2, 0.25) is 0 Å². The predicted octanol–water partition coefficient (Wildman–Crippen LogP) is 3.81. The van der Waals surface area contributed by atoms with E-state index < -0.39 is 35.6 Å². The van der Waals surface area contributed by atoms with Crippen LogP contribution >= 0.6 is 0 Å². The van der Waals surface area contributed by atoms with E-state index in [4.69, 9.17) is 4.74 Å². The average Bonchev–Trinajstić information content (AvgIpc) is 3.39. The summed E-state index contributed by atoms with van der Waals surface area (Å²) in [5.74, 6) is -2.02. The first kappa shape index (κ1) is 21.0. The lowest BCUT2D eigenvalue weighted by Gasteiger charge is -2.41. The SMILES string of the molecule is Cc1cn[nH]c1-c1cc(OC2CN(C(=O)N3N=CC[C@H]3c3cc(F)cc(F)c3)C2)c(F)cn1. The second kappa shape index (κ2) is 8.23. The molecule has 2 aliphatic rings. The molecule has 1 N–H and O–H groups in total. The molecule has 1 saturated heterocycles. The Bertz CT molecular complexity index is 1220. The van der Waals surface area contributed by atoms with Gasteiger partial charge in [-0.2, -0.15) is 10.2 Å². The van der Waals surface area contributed by atoms with Crippen LogP contribution in [-0.2, 0) is 0 Å². The van der Waals surface area contributed by atoms with Gasteiger partial charge in [0, 0.05) is 24.8 Å². The Morgan fingerprint density at radius 3 is 2.58 bits per heavy atom. The first-order chi connectivity index (χ1) is 15.9. The molecule has 0 radical (unpaired) electrons. The molecule has 2 aliphatic heterocycles. The number of aryl methyl sites for hydroxylation is 1. The number of nitrogens with zero attached hydrogens (tertiary/aromatic N) is 5. The number of rotatable bonds is 4. The van der Waals surface area contributed by atoms with E-state index in [-0.39, 0.29) is 18.8 Å². The second-order valence-electron chi connectivity index (χ2n) is 7.95. The molecule has 0 saturated carbocycles. The Morgan fingerprint density at radius 2 is 1.88 bits per heavy atom. The van der Waals surface area contributed by atoms with Crippen LogP contribution in [0.5, 0.6) is 5.75 Å². The molecule has 11 heteroatoms. The number of aromatic amines is 1. The lowest BCUT2D eigenvalue weighted by atomic mass is 10.0. The van der Waals surface area contributed by atoms with Gasteiger partial charge in [0.15, 0.2) is 11.6 Å². The van der Waals surface area contributed by atoms with E-state index in [1.54, 1.807) is 6.20 Å². The first-order valence-electron chi connectivity index (χ1n) is 10.3. The zero-order chi connectivity index (χ0) is 23.1. The van der Waals surface area contributed by atoms with E-state index in [1.165, 1.54) is 34.3 Å². The number of hydrogen-bond donors (Lipinski definition) is 1. The van der Waals surface area contributed by atoms with Gasteiger partial charge in [0.05, 0.1) is 42.9 Å². The third kappa shape index (κ3) is 4.01. The van der Waals surface area contributed by atoms with Gasteiger partial charge in [-0.05, 0) is 30.2 Å². The van der Waals surface area contributed by atoms with Crippen molar-refractivity contribution in [1.82, 2.24) is 25.1 Å². The Morgan fingerprint density at radius 1 is 1.12 bits per heavy atom. The maximum Gasteiger partial charge on any atom is 0.341 e. The van der Waals surface area contributed by atoms with E-state index in [9.17, 15) is 18.0 Å².